The molecule has 0 bridgehead atoms. The van der Waals surface area contributed by atoms with E-state index in [1.165, 1.54) is 6.07 Å². The Morgan fingerprint density at radius 3 is 2.67 bits per heavy atom. The minimum absolute atomic E-state index is 0. The highest BCUT2D eigenvalue weighted by Crippen LogP contribution is 2.39. The fourth-order valence-electron chi connectivity index (χ4n) is 1.62. The lowest BCUT2D eigenvalue weighted by atomic mass is 10.1. The first-order valence-corrected chi connectivity index (χ1v) is 4.90. The smallest absolute Gasteiger partial charge is 0.165 e. The molecule has 1 aromatic carbocycles. The van der Waals surface area contributed by atoms with E-state index in [0.29, 0.717) is 18.3 Å². The van der Waals surface area contributed by atoms with E-state index in [1.54, 1.807) is 6.07 Å². The molecule has 1 fully saturated rings. The summed E-state index contributed by atoms with van der Waals surface area (Å²) in [6, 6.07) is 5.32. The fraction of sp³-hybridized carbons (Fsp3) is 0.455. The van der Waals surface area contributed by atoms with Gasteiger partial charge in [-0.3, -0.25) is 0 Å². The topological polar surface area (TPSA) is 35.2 Å². The Labute approximate surface area is 95.0 Å². The van der Waals surface area contributed by atoms with Crippen LogP contribution in [0.5, 0.6) is 5.75 Å². The molecule has 0 unspecified atom stereocenters. The van der Waals surface area contributed by atoms with Crippen molar-refractivity contribution in [3.05, 3.63) is 29.6 Å². The summed E-state index contributed by atoms with van der Waals surface area (Å²) in [6.45, 7) is 2.32. The number of nitrogens with two attached hydrogens (primary N) is 1. The maximum atomic E-state index is 13.4. The average molecular weight is 232 g/mol. The number of benzene rings is 1. The molecular formula is C11H15ClFNO. The van der Waals surface area contributed by atoms with E-state index in [4.69, 9.17) is 10.5 Å². The number of halogens is 2. The van der Waals surface area contributed by atoms with E-state index in [1.807, 2.05) is 13.0 Å². The van der Waals surface area contributed by atoms with Crippen LogP contribution in [0.25, 0.3) is 0 Å². The monoisotopic (exact) mass is 231 g/mol. The van der Waals surface area contributed by atoms with Gasteiger partial charge in [-0.15, -0.1) is 12.4 Å². The van der Waals surface area contributed by atoms with Crippen LogP contribution in [0.4, 0.5) is 4.39 Å². The van der Waals surface area contributed by atoms with Crippen molar-refractivity contribution in [1.82, 2.24) is 0 Å². The lowest BCUT2D eigenvalue weighted by molar-refractivity contribution is 0.321. The van der Waals surface area contributed by atoms with Crippen LogP contribution in [0.1, 0.15) is 24.8 Å². The number of hydrogen-bond donors (Lipinski definition) is 1. The van der Waals surface area contributed by atoms with Crippen molar-refractivity contribution in [2.75, 3.05) is 6.61 Å². The summed E-state index contributed by atoms with van der Waals surface area (Å²) >= 11 is 0. The van der Waals surface area contributed by atoms with Gasteiger partial charge in [0.1, 0.15) is 0 Å². The van der Waals surface area contributed by atoms with Crippen molar-refractivity contribution < 1.29 is 9.13 Å². The molecule has 2 atom stereocenters. The number of rotatable bonds is 3. The molecule has 2 nitrogen and oxygen atoms in total. The second kappa shape index (κ2) is 4.81. The fourth-order valence-corrected chi connectivity index (χ4v) is 1.62. The molecule has 0 aliphatic heterocycles. The Morgan fingerprint density at radius 2 is 2.20 bits per heavy atom. The first kappa shape index (κ1) is 12.3. The number of ether oxygens (including phenoxy) is 1. The highest BCUT2D eigenvalue weighted by atomic mass is 35.5. The van der Waals surface area contributed by atoms with Crippen LogP contribution in [0, 0.1) is 5.82 Å². The third-order valence-electron chi connectivity index (χ3n) is 2.52. The van der Waals surface area contributed by atoms with Gasteiger partial charge in [0, 0.05) is 12.0 Å². The quantitative estimate of drug-likeness (QED) is 0.868. The minimum Gasteiger partial charge on any atom is -0.491 e. The van der Waals surface area contributed by atoms with Gasteiger partial charge in [0.25, 0.3) is 0 Å². The van der Waals surface area contributed by atoms with Crippen molar-refractivity contribution in [2.24, 2.45) is 5.73 Å². The molecule has 1 aromatic rings. The molecule has 0 saturated heterocycles. The molecule has 15 heavy (non-hydrogen) atoms. The lowest BCUT2D eigenvalue weighted by Gasteiger charge is -2.06. The van der Waals surface area contributed by atoms with Gasteiger partial charge in [0.2, 0.25) is 0 Å². The minimum atomic E-state index is -0.288. The average Bonchev–Trinajstić information content (AvgIpc) is 2.87. The molecule has 84 valence electrons. The van der Waals surface area contributed by atoms with Crippen LogP contribution in [-0.2, 0) is 0 Å². The normalized spacial score (nSPS) is 23.1. The van der Waals surface area contributed by atoms with Crippen molar-refractivity contribution >= 4 is 12.4 Å². The van der Waals surface area contributed by atoms with Gasteiger partial charge in [-0.05, 0) is 31.0 Å². The lowest BCUT2D eigenvalue weighted by Crippen LogP contribution is -2.01. The Bertz CT molecular complexity index is 345. The highest BCUT2D eigenvalue weighted by Gasteiger charge is 2.35. The van der Waals surface area contributed by atoms with Gasteiger partial charge in [0.05, 0.1) is 6.61 Å². The molecule has 0 radical (unpaired) electrons. The molecular weight excluding hydrogens is 217 g/mol. The van der Waals surface area contributed by atoms with E-state index >= 15 is 0 Å². The number of hydrogen-bond acceptors (Lipinski definition) is 2. The van der Waals surface area contributed by atoms with Crippen molar-refractivity contribution in [3.63, 3.8) is 0 Å². The van der Waals surface area contributed by atoms with Gasteiger partial charge in [-0.2, -0.15) is 0 Å². The van der Waals surface area contributed by atoms with Crippen molar-refractivity contribution in [2.45, 2.75) is 25.3 Å². The predicted octanol–water partition coefficient (Wildman–Crippen LogP) is 2.46. The predicted molar refractivity (Wildman–Crippen MR) is 60.2 cm³/mol. The first-order valence-electron chi connectivity index (χ1n) is 4.90. The van der Waals surface area contributed by atoms with Gasteiger partial charge >= 0.3 is 0 Å². The standard InChI is InChI=1S/C11H14FNO.ClH/c1-2-14-11-4-3-7(5-9(11)12)8-6-10(8)13;/h3-5,8,10H,2,6,13H2,1H3;1H/t8-,10+;/m0./s1. The van der Waals surface area contributed by atoms with Crippen LogP contribution in [0.15, 0.2) is 18.2 Å². The highest BCUT2D eigenvalue weighted by molar-refractivity contribution is 5.85. The van der Waals surface area contributed by atoms with E-state index in [0.717, 1.165) is 12.0 Å². The van der Waals surface area contributed by atoms with E-state index in [9.17, 15) is 4.39 Å². The van der Waals surface area contributed by atoms with Crippen LogP contribution in [0.2, 0.25) is 0 Å². The van der Waals surface area contributed by atoms with Gasteiger partial charge in [-0.1, -0.05) is 6.07 Å². The summed E-state index contributed by atoms with van der Waals surface area (Å²) in [5.41, 5.74) is 6.68. The van der Waals surface area contributed by atoms with Gasteiger partial charge in [-0.25, -0.2) is 4.39 Å². The largest absolute Gasteiger partial charge is 0.491 e. The van der Waals surface area contributed by atoms with Crippen LogP contribution in [-0.4, -0.2) is 12.6 Å². The van der Waals surface area contributed by atoms with Crippen molar-refractivity contribution in [1.29, 1.82) is 0 Å². The van der Waals surface area contributed by atoms with Gasteiger partial charge in [0.15, 0.2) is 11.6 Å². The Kier molecular flexibility index (Phi) is 3.94. The zero-order valence-electron chi connectivity index (χ0n) is 8.57. The molecule has 0 amide bonds. The third-order valence-corrected chi connectivity index (χ3v) is 2.52. The molecule has 1 aliphatic carbocycles. The summed E-state index contributed by atoms with van der Waals surface area (Å²) in [5.74, 6) is 0.383. The molecule has 1 saturated carbocycles. The molecule has 0 aromatic heterocycles. The van der Waals surface area contributed by atoms with E-state index < -0.39 is 0 Å². The summed E-state index contributed by atoms with van der Waals surface area (Å²) in [5, 5.41) is 0. The van der Waals surface area contributed by atoms with E-state index in [2.05, 4.69) is 0 Å². The maximum absolute atomic E-state index is 13.4. The Hall–Kier alpha value is -0.800. The molecule has 2 rings (SSSR count). The van der Waals surface area contributed by atoms with Gasteiger partial charge < -0.3 is 10.5 Å². The Morgan fingerprint density at radius 1 is 1.53 bits per heavy atom. The molecule has 4 heteroatoms. The summed E-state index contributed by atoms with van der Waals surface area (Å²) in [4.78, 5) is 0. The first-order chi connectivity index (χ1) is 6.72. The summed E-state index contributed by atoms with van der Waals surface area (Å²) in [6.07, 6.45) is 0.966. The molecule has 2 N–H and O–H groups in total. The maximum Gasteiger partial charge on any atom is 0.165 e. The summed E-state index contributed by atoms with van der Waals surface area (Å²) < 4.78 is 18.5. The van der Waals surface area contributed by atoms with E-state index in [-0.39, 0.29) is 24.3 Å². The second-order valence-corrected chi connectivity index (χ2v) is 3.63. The summed E-state index contributed by atoms with van der Waals surface area (Å²) in [7, 11) is 0. The zero-order valence-corrected chi connectivity index (χ0v) is 9.39. The van der Waals surface area contributed by atoms with Crippen LogP contribution < -0.4 is 10.5 Å². The second-order valence-electron chi connectivity index (χ2n) is 3.63. The molecule has 0 spiro atoms. The van der Waals surface area contributed by atoms with Crippen LogP contribution >= 0.6 is 12.4 Å². The zero-order chi connectivity index (χ0) is 10.1. The van der Waals surface area contributed by atoms with Crippen LogP contribution in [0.3, 0.4) is 0 Å². The third kappa shape index (κ3) is 2.61. The molecule has 0 heterocycles. The Balaban J connectivity index is 0.00000112. The molecule has 1 aliphatic rings. The van der Waals surface area contributed by atoms with Crippen molar-refractivity contribution in [3.8, 4) is 5.75 Å². The SMILES string of the molecule is CCOc1ccc([C@@H]2C[C@H]2N)cc1F.Cl.